The van der Waals surface area contributed by atoms with Crippen molar-refractivity contribution in [3.05, 3.63) is 58.6 Å². The number of halogens is 1. The van der Waals surface area contributed by atoms with E-state index in [2.05, 4.69) is 26.1 Å². The zero-order chi connectivity index (χ0) is 23.3. The third-order valence-electron chi connectivity index (χ3n) is 5.36. The van der Waals surface area contributed by atoms with Gasteiger partial charge in [-0.3, -0.25) is 10.1 Å². The summed E-state index contributed by atoms with van der Waals surface area (Å²) in [7, 11) is 0. The molecule has 9 heteroatoms. The van der Waals surface area contributed by atoms with Crippen LogP contribution in [0.4, 0.5) is 15.6 Å². The molecule has 168 valence electrons. The lowest BCUT2D eigenvalue weighted by molar-refractivity contribution is -0.119. The smallest absolute Gasteiger partial charge is 0.319 e. The van der Waals surface area contributed by atoms with Crippen molar-refractivity contribution < 1.29 is 9.59 Å². The van der Waals surface area contributed by atoms with Gasteiger partial charge in [0.1, 0.15) is 11.0 Å². The van der Waals surface area contributed by atoms with E-state index in [1.165, 1.54) is 11.3 Å². The molecule has 7 nitrogen and oxygen atoms in total. The first-order valence-electron chi connectivity index (χ1n) is 10.3. The molecule has 2 aromatic carbocycles. The summed E-state index contributed by atoms with van der Waals surface area (Å²) in [5.74, 6) is -0.427. The molecular formula is C23H26ClN5O2S. The molecule has 3 N–H and O–H groups in total. The third kappa shape index (κ3) is 5.83. The minimum absolute atomic E-state index is 0.0836. The first-order valence-corrected chi connectivity index (χ1v) is 11.5. The minimum Gasteiger partial charge on any atom is -0.326 e. The van der Waals surface area contributed by atoms with Gasteiger partial charge in [-0.2, -0.15) is 0 Å². The summed E-state index contributed by atoms with van der Waals surface area (Å²) in [6, 6.07) is 11.8. The van der Waals surface area contributed by atoms with Gasteiger partial charge < -0.3 is 10.6 Å². The predicted molar refractivity (Wildman–Crippen MR) is 130 cm³/mol. The number of amides is 3. The average molecular weight is 472 g/mol. The second kappa shape index (κ2) is 10.6. The van der Waals surface area contributed by atoms with Gasteiger partial charge in [0.25, 0.3) is 0 Å². The summed E-state index contributed by atoms with van der Waals surface area (Å²) >= 11 is 7.29. The first-order chi connectivity index (χ1) is 15.3. The minimum atomic E-state index is -0.733. The van der Waals surface area contributed by atoms with Crippen molar-refractivity contribution in [1.29, 1.82) is 0 Å². The number of benzene rings is 2. The number of nitrogens with zero attached hydrogens (tertiary/aromatic N) is 2. The van der Waals surface area contributed by atoms with E-state index in [9.17, 15) is 9.59 Å². The Bertz CT molecular complexity index is 1120. The second-order valence-electron chi connectivity index (χ2n) is 7.62. The number of hydrogen-bond acceptors (Lipinski definition) is 5. The van der Waals surface area contributed by atoms with Gasteiger partial charge in [-0.25, -0.2) is 4.79 Å². The van der Waals surface area contributed by atoms with Crippen LogP contribution in [0.2, 0.25) is 5.02 Å². The number of hydrogen-bond donors (Lipinski definition) is 3. The van der Waals surface area contributed by atoms with E-state index in [-0.39, 0.29) is 11.8 Å². The molecule has 1 aromatic heterocycles. The Morgan fingerprint density at radius 2 is 1.84 bits per heavy atom. The van der Waals surface area contributed by atoms with Crippen molar-refractivity contribution in [1.82, 2.24) is 15.5 Å². The van der Waals surface area contributed by atoms with Crippen molar-refractivity contribution in [3.63, 3.8) is 0 Å². The monoisotopic (exact) mass is 471 g/mol. The quantitative estimate of drug-likeness (QED) is 0.414. The molecule has 3 rings (SSSR count). The summed E-state index contributed by atoms with van der Waals surface area (Å²) in [5.41, 5.74) is 3.58. The van der Waals surface area contributed by atoms with Crippen LogP contribution in [0, 0.1) is 19.8 Å². The number of rotatable bonds is 7. The Kier molecular flexibility index (Phi) is 7.82. The van der Waals surface area contributed by atoms with Crippen LogP contribution in [-0.4, -0.2) is 28.2 Å². The van der Waals surface area contributed by atoms with Crippen LogP contribution in [0.25, 0.3) is 10.6 Å². The SMILES string of the molecule is CC[C@@H](C)[C@@H](NC(=O)Nc1cccc(C)c1C)C(=O)Nc1nnc(-c2cccc(Cl)c2)s1. The fourth-order valence-corrected chi connectivity index (χ4v) is 4.02. The highest BCUT2D eigenvalue weighted by atomic mass is 35.5. The summed E-state index contributed by atoms with van der Waals surface area (Å²) in [5, 5.41) is 18.2. The third-order valence-corrected chi connectivity index (χ3v) is 6.48. The van der Waals surface area contributed by atoms with Crippen molar-refractivity contribution in [2.75, 3.05) is 10.6 Å². The Morgan fingerprint density at radius 1 is 1.09 bits per heavy atom. The molecule has 0 unspecified atom stereocenters. The maximum absolute atomic E-state index is 13.0. The molecule has 0 aliphatic rings. The van der Waals surface area contributed by atoms with Crippen LogP contribution in [-0.2, 0) is 4.79 Å². The van der Waals surface area contributed by atoms with Gasteiger partial charge in [0, 0.05) is 16.3 Å². The van der Waals surface area contributed by atoms with Gasteiger partial charge >= 0.3 is 6.03 Å². The van der Waals surface area contributed by atoms with Crippen molar-refractivity contribution in [2.24, 2.45) is 5.92 Å². The predicted octanol–water partition coefficient (Wildman–Crippen LogP) is 5.65. The van der Waals surface area contributed by atoms with Crippen LogP contribution in [0.15, 0.2) is 42.5 Å². The number of carbonyl (C=O) groups excluding carboxylic acids is 2. The van der Waals surface area contributed by atoms with E-state index in [1.807, 2.05) is 58.0 Å². The molecule has 0 bridgehead atoms. The fraction of sp³-hybridized carbons (Fsp3) is 0.304. The normalized spacial score (nSPS) is 12.7. The number of anilines is 2. The van der Waals surface area contributed by atoms with Crippen molar-refractivity contribution in [2.45, 2.75) is 40.2 Å². The number of urea groups is 1. The number of aromatic nitrogens is 2. The van der Waals surface area contributed by atoms with E-state index in [4.69, 9.17) is 11.6 Å². The second-order valence-corrected chi connectivity index (χ2v) is 9.04. The molecule has 0 spiro atoms. The molecule has 32 heavy (non-hydrogen) atoms. The molecule has 0 radical (unpaired) electrons. The van der Waals surface area contributed by atoms with Crippen LogP contribution in [0.5, 0.6) is 0 Å². The number of carbonyl (C=O) groups is 2. The van der Waals surface area contributed by atoms with E-state index in [0.717, 1.165) is 16.7 Å². The van der Waals surface area contributed by atoms with Crippen molar-refractivity contribution >= 4 is 45.7 Å². The zero-order valence-corrected chi connectivity index (χ0v) is 20.0. The Labute approximate surface area is 196 Å². The molecule has 0 fully saturated rings. The Hall–Kier alpha value is -2.97. The van der Waals surface area contributed by atoms with Gasteiger partial charge in [0.15, 0.2) is 0 Å². The lowest BCUT2D eigenvalue weighted by Crippen LogP contribution is -2.49. The topological polar surface area (TPSA) is 96.0 Å². The molecule has 0 aliphatic carbocycles. The van der Waals surface area contributed by atoms with Crippen LogP contribution < -0.4 is 16.0 Å². The molecule has 1 heterocycles. The molecular weight excluding hydrogens is 446 g/mol. The zero-order valence-electron chi connectivity index (χ0n) is 18.4. The highest BCUT2D eigenvalue weighted by molar-refractivity contribution is 7.18. The maximum atomic E-state index is 13.0. The summed E-state index contributed by atoms with van der Waals surface area (Å²) in [6.07, 6.45) is 0.714. The summed E-state index contributed by atoms with van der Waals surface area (Å²) in [6.45, 7) is 7.81. The number of aryl methyl sites for hydroxylation is 1. The van der Waals surface area contributed by atoms with Crippen LogP contribution in [0.3, 0.4) is 0 Å². The van der Waals surface area contributed by atoms with Gasteiger partial charge in [0.05, 0.1) is 0 Å². The maximum Gasteiger partial charge on any atom is 0.319 e. The summed E-state index contributed by atoms with van der Waals surface area (Å²) in [4.78, 5) is 25.6. The van der Waals surface area contributed by atoms with Gasteiger partial charge in [0.2, 0.25) is 11.0 Å². The molecule has 3 amide bonds. The average Bonchev–Trinajstić information content (AvgIpc) is 3.23. The van der Waals surface area contributed by atoms with E-state index in [0.29, 0.717) is 27.3 Å². The fourth-order valence-electron chi connectivity index (χ4n) is 3.08. The highest BCUT2D eigenvalue weighted by Crippen LogP contribution is 2.28. The van der Waals surface area contributed by atoms with Crippen LogP contribution >= 0.6 is 22.9 Å². The van der Waals surface area contributed by atoms with Crippen LogP contribution in [0.1, 0.15) is 31.4 Å². The molecule has 0 saturated carbocycles. The molecule has 3 aromatic rings. The standard InChI is InChI=1S/C23H26ClN5O2S/c1-5-13(2)19(26-22(31)25-18-11-6-8-14(3)15(18)4)20(30)27-23-29-28-21(32-23)16-9-7-10-17(24)12-16/h6-13,19H,5H2,1-4H3,(H2,25,26,31)(H,27,29,30)/t13-,19-/m1/s1. The van der Waals surface area contributed by atoms with E-state index >= 15 is 0 Å². The lowest BCUT2D eigenvalue weighted by atomic mass is 9.98. The van der Waals surface area contributed by atoms with Gasteiger partial charge in [-0.05, 0) is 49.1 Å². The molecule has 2 atom stereocenters. The van der Waals surface area contributed by atoms with E-state index < -0.39 is 12.1 Å². The number of nitrogens with one attached hydrogen (secondary N) is 3. The van der Waals surface area contributed by atoms with Crippen molar-refractivity contribution in [3.8, 4) is 10.6 Å². The molecule has 0 saturated heterocycles. The van der Waals surface area contributed by atoms with E-state index in [1.54, 1.807) is 12.1 Å². The summed E-state index contributed by atoms with van der Waals surface area (Å²) < 4.78 is 0. The highest BCUT2D eigenvalue weighted by Gasteiger charge is 2.27. The first kappa shape index (κ1) is 23.7. The molecule has 0 aliphatic heterocycles. The Balaban J connectivity index is 1.70. The van der Waals surface area contributed by atoms with Gasteiger partial charge in [-0.1, -0.05) is 67.5 Å². The Morgan fingerprint density at radius 3 is 2.56 bits per heavy atom. The lowest BCUT2D eigenvalue weighted by Gasteiger charge is -2.23. The van der Waals surface area contributed by atoms with Gasteiger partial charge in [-0.15, -0.1) is 10.2 Å². The largest absolute Gasteiger partial charge is 0.326 e.